The molecule has 0 radical (unpaired) electrons. The smallest absolute Gasteiger partial charge is 0.0781 e. The van der Waals surface area contributed by atoms with Gasteiger partial charge in [0.1, 0.15) is 0 Å². The second-order valence-electron chi connectivity index (χ2n) is 4.60. The summed E-state index contributed by atoms with van der Waals surface area (Å²) in [5, 5.41) is 18.7. The van der Waals surface area contributed by atoms with Crippen LogP contribution in [0.4, 0.5) is 5.69 Å². The lowest BCUT2D eigenvalue weighted by molar-refractivity contribution is 0.199. The molecular formula is C14H23NO2. The maximum absolute atomic E-state index is 9.78. The summed E-state index contributed by atoms with van der Waals surface area (Å²) >= 11 is 0. The first-order valence-electron chi connectivity index (χ1n) is 6.22. The minimum absolute atomic E-state index is 0.195. The molecule has 0 saturated heterocycles. The van der Waals surface area contributed by atoms with Gasteiger partial charge in [-0.15, -0.1) is 0 Å². The first kappa shape index (κ1) is 14.0. The highest BCUT2D eigenvalue weighted by atomic mass is 16.3. The first-order valence-corrected chi connectivity index (χ1v) is 6.22. The average molecular weight is 237 g/mol. The largest absolute Gasteiger partial charge is 0.396 e. The Hall–Kier alpha value is -1.06. The predicted molar refractivity (Wildman–Crippen MR) is 71.3 cm³/mol. The molecule has 2 N–H and O–H groups in total. The predicted octanol–water partition coefficient (Wildman–Crippen LogP) is 2.34. The highest BCUT2D eigenvalue weighted by molar-refractivity contribution is 5.55. The number of aliphatic hydroxyl groups excluding tert-OH is 2. The Balaban J connectivity index is 3.00. The average Bonchev–Trinajstić information content (AvgIpc) is 2.29. The molecule has 0 aromatic heterocycles. The van der Waals surface area contributed by atoms with Crippen LogP contribution in [0.25, 0.3) is 0 Å². The number of nitrogens with zero attached hydrogens (tertiary/aromatic N) is 1. The third-order valence-electron chi connectivity index (χ3n) is 2.88. The van der Waals surface area contributed by atoms with Crippen LogP contribution in [-0.4, -0.2) is 29.4 Å². The maximum atomic E-state index is 9.78. The lowest BCUT2D eigenvalue weighted by atomic mass is 10.1. The van der Waals surface area contributed by atoms with Gasteiger partial charge in [0.2, 0.25) is 0 Å². The maximum Gasteiger partial charge on any atom is 0.0781 e. The molecule has 3 heteroatoms. The van der Waals surface area contributed by atoms with Crippen LogP contribution in [-0.2, 0) is 0 Å². The van der Waals surface area contributed by atoms with E-state index in [2.05, 4.69) is 18.7 Å². The van der Waals surface area contributed by atoms with Crippen LogP contribution < -0.4 is 4.90 Å². The van der Waals surface area contributed by atoms with Crippen molar-refractivity contribution in [2.24, 2.45) is 0 Å². The van der Waals surface area contributed by atoms with Crippen LogP contribution >= 0.6 is 0 Å². The standard InChI is InChI=1S/C14H23NO2/c1-11(2)15(9-6-10-16)14-8-5-4-7-13(14)12(3)17/h4-5,7-8,11-12,16-17H,6,9-10H2,1-3H3/t12-/m1/s1. The number of benzene rings is 1. The molecule has 1 aromatic rings. The molecule has 17 heavy (non-hydrogen) atoms. The van der Waals surface area contributed by atoms with Crippen molar-refractivity contribution in [3.05, 3.63) is 29.8 Å². The fraction of sp³-hybridized carbons (Fsp3) is 0.571. The van der Waals surface area contributed by atoms with E-state index < -0.39 is 6.10 Å². The van der Waals surface area contributed by atoms with Gasteiger partial charge in [-0.2, -0.15) is 0 Å². The minimum Gasteiger partial charge on any atom is -0.396 e. The van der Waals surface area contributed by atoms with Crippen LogP contribution in [0.2, 0.25) is 0 Å². The van der Waals surface area contributed by atoms with Gasteiger partial charge in [0, 0.05) is 30.4 Å². The molecule has 0 amide bonds. The summed E-state index contributed by atoms with van der Waals surface area (Å²) < 4.78 is 0. The zero-order valence-electron chi connectivity index (χ0n) is 10.9. The molecule has 0 aliphatic carbocycles. The van der Waals surface area contributed by atoms with Gasteiger partial charge in [0.05, 0.1) is 6.10 Å². The van der Waals surface area contributed by atoms with Crippen LogP contribution in [0, 0.1) is 0 Å². The van der Waals surface area contributed by atoms with Crippen LogP contribution in [0.15, 0.2) is 24.3 Å². The highest BCUT2D eigenvalue weighted by Crippen LogP contribution is 2.27. The lowest BCUT2D eigenvalue weighted by Crippen LogP contribution is -2.33. The zero-order chi connectivity index (χ0) is 12.8. The topological polar surface area (TPSA) is 43.7 Å². The fourth-order valence-corrected chi connectivity index (χ4v) is 2.00. The van der Waals surface area contributed by atoms with Crippen LogP contribution in [0.1, 0.15) is 38.9 Å². The quantitative estimate of drug-likeness (QED) is 0.798. The minimum atomic E-state index is -0.471. The number of hydrogen-bond acceptors (Lipinski definition) is 3. The van der Waals surface area contributed by atoms with Crippen molar-refractivity contribution in [1.29, 1.82) is 0 Å². The molecule has 0 unspecified atom stereocenters. The van der Waals surface area contributed by atoms with E-state index in [4.69, 9.17) is 5.11 Å². The number of anilines is 1. The Bertz CT molecular complexity index is 337. The molecule has 3 nitrogen and oxygen atoms in total. The van der Waals surface area contributed by atoms with Crippen LogP contribution in [0.3, 0.4) is 0 Å². The molecule has 1 atom stereocenters. The van der Waals surface area contributed by atoms with E-state index in [9.17, 15) is 5.11 Å². The number of aliphatic hydroxyl groups is 2. The van der Waals surface area contributed by atoms with Gasteiger partial charge in [-0.05, 0) is 33.3 Å². The lowest BCUT2D eigenvalue weighted by Gasteiger charge is -2.31. The third-order valence-corrected chi connectivity index (χ3v) is 2.88. The van der Waals surface area contributed by atoms with Crippen molar-refractivity contribution in [3.63, 3.8) is 0 Å². The molecule has 0 aliphatic rings. The van der Waals surface area contributed by atoms with Crippen molar-refractivity contribution < 1.29 is 10.2 Å². The zero-order valence-corrected chi connectivity index (χ0v) is 10.9. The molecule has 96 valence electrons. The number of hydrogen-bond donors (Lipinski definition) is 2. The number of rotatable bonds is 6. The molecule has 0 bridgehead atoms. The Morgan fingerprint density at radius 1 is 1.18 bits per heavy atom. The summed E-state index contributed by atoms with van der Waals surface area (Å²) in [4.78, 5) is 2.22. The van der Waals surface area contributed by atoms with E-state index in [1.165, 1.54) is 0 Å². The van der Waals surface area contributed by atoms with Crippen molar-refractivity contribution in [2.75, 3.05) is 18.1 Å². The second-order valence-corrected chi connectivity index (χ2v) is 4.60. The molecule has 1 rings (SSSR count). The van der Waals surface area contributed by atoms with Crippen LogP contribution in [0.5, 0.6) is 0 Å². The normalized spacial score (nSPS) is 12.8. The van der Waals surface area contributed by atoms with E-state index in [-0.39, 0.29) is 6.61 Å². The van der Waals surface area contributed by atoms with Gasteiger partial charge < -0.3 is 15.1 Å². The summed E-state index contributed by atoms with van der Waals surface area (Å²) in [5.41, 5.74) is 2.00. The van der Waals surface area contributed by atoms with Gasteiger partial charge >= 0.3 is 0 Å². The van der Waals surface area contributed by atoms with E-state index in [1.54, 1.807) is 6.92 Å². The molecular weight excluding hydrogens is 214 g/mol. The Morgan fingerprint density at radius 2 is 1.82 bits per heavy atom. The van der Waals surface area contributed by atoms with Gasteiger partial charge in [0.25, 0.3) is 0 Å². The van der Waals surface area contributed by atoms with Gasteiger partial charge in [-0.25, -0.2) is 0 Å². The summed E-state index contributed by atoms with van der Waals surface area (Å²) in [6.07, 6.45) is 0.272. The van der Waals surface area contributed by atoms with E-state index in [0.29, 0.717) is 6.04 Å². The summed E-state index contributed by atoms with van der Waals surface area (Å²) in [7, 11) is 0. The van der Waals surface area contributed by atoms with Gasteiger partial charge in [-0.3, -0.25) is 0 Å². The molecule has 0 saturated carbocycles. The molecule has 1 aromatic carbocycles. The highest BCUT2D eigenvalue weighted by Gasteiger charge is 2.15. The SMILES string of the molecule is CC(C)N(CCCO)c1ccccc1[C@@H](C)O. The third kappa shape index (κ3) is 3.72. The first-order chi connectivity index (χ1) is 8.07. The Labute approximate surface area is 104 Å². The Morgan fingerprint density at radius 3 is 2.35 bits per heavy atom. The van der Waals surface area contributed by atoms with Crippen molar-refractivity contribution in [1.82, 2.24) is 0 Å². The summed E-state index contributed by atoms with van der Waals surface area (Å²) in [6.45, 7) is 7.02. The second kappa shape index (κ2) is 6.62. The van der Waals surface area contributed by atoms with Crippen molar-refractivity contribution in [2.45, 2.75) is 39.3 Å². The van der Waals surface area contributed by atoms with E-state index in [0.717, 1.165) is 24.2 Å². The van der Waals surface area contributed by atoms with Crippen molar-refractivity contribution in [3.8, 4) is 0 Å². The fourth-order valence-electron chi connectivity index (χ4n) is 2.00. The molecule has 0 fully saturated rings. The van der Waals surface area contributed by atoms with E-state index in [1.807, 2.05) is 24.3 Å². The summed E-state index contributed by atoms with van der Waals surface area (Å²) in [6, 6.07) is 8.25. The monoisotopic (exact) mass is 237 g/mol. The molecule has 0 aliphatic heterocycles. The molecule has 0 spiro atoms. The van der Waals surface area contributed by atoms with Crippen molar-refractivity contribution >= 4 is 5.69 Å². The van der Waals surface area contributed by atoms with Gasteiger partial charge in [-0.1, -0.05) is 18.2 Å². The summed E-state index contributed by atoms with van der Waals surface area (Å²) in [5.74, 6) is 0. The molecule has 0 heterocycles. The van der Waals surface area contributed by atoms with Gasteiger partial charge in [0.15, 0.2) is 0 Å². The van der Waals surface area contributed by atoms with E-state index >= 15 is 0 Å². The Kier molecular flexibility index (Phi) is 5.45. The number of para-hydroxylation sites is 1.